The molecule has 0 saturated carbocycles. The number of nitrogens with one attached hydrogen (secondary N) is 1. The van der Waals surface area contributed by atoms with Crippen LogP contribution in [0, 0.1) is 0 Å². The van der Waals surface area contributed by atoms with E-state index in [1.807, 2.05) is 12.1 Å². The first kappa shape index (κ1) is 12.6. The van der Waals surface area contributed by atoms with Crippen molar-refractivity contribution in [3.8, 4) is 5.75 Å². The largest absolute Gasteiger partial charge is 0.493 e. The topological polar surface area (TPSA) is 34.4 Å². The molecule has 1 aromatic carbocycles. The molecule has 100 valence electrons. The maximum Gasteiger partial charge on any atom is 0.198 e. The van der Waals surface area contributed by atoms with E-state index in [0.29, 0.717) is 5.22 Å². The summed E-state index contributed by atoms with van der Waals surface area (Å²) >= 11 is 6.11. The third-order valence-electron chi connectivity index (χ3n) is 3.41. The van der Waals surface area contributed by atoms with E-state index in [-0.39, 0.29) is 6.04 Å². The fraction of sp³-hybridized carbons (Fsp3) is 0.333. The molecule has 1 atom stereocenters. The Kier molecular flexibility index (Phi) is 3.49. The summed E-state index contributed by atoms with van der Waals surface area (Å²) in [5.74, 6) is 0.997. The van der Waals surface area contributed by atoms with Gasteiger partial charge in [0.1, 0.15) is 5.75 Å². The fourth-order valence-corrected chi connectivity index (χ4v) is 2.73. The molecule has 3 rings (SSSR count). The Morgan fingerprint density at radius 3 is 3.00 bits per heavy atom. The van der Waals surface area contributed by atoms with E-state index >= 15 is 0 Å². The minimum absolute atomic E-state index is 0.0575. The summed E-state index contributed by atoms with van der Waals surface area (Å²) in [5, 5.41) is 3.89. The second-order valence-electron chi connectivity index (χ2n) is 4.61. The number of fused-ring (bicyclic) bond motifs is 1. The van der Waals surface area contributed by atoms with Crippen molar-refractivity contribution in [2.75, 3.05) is 13.2 Å². The van der Waals surface area contributed by atoms with Crippen molar-refractivity contribution in [1.29, 1.82) is 0 Å². The minimum atomic E-state index is 0.0575. The summed E-state index contributed by atoms with van der Waals surface area (Å²) in [6.45, 7) is 3.72. The quantitative estimate of drug-likeness (QED) is 0.928. The third-order valence-corrected chi connectivity index (χ3v) is 3.72. The molecular weight excluding hydrogens is 262 g/mol. The molecule has 19 heavy (non-hydrogen) atoms. The van der Waals surface area contributed by atoms with Gasteiger partial charge in [-0.05, 0) is 41.4 Å². The molecule has 0 aliphatic carbocycles. The van der Waals surface area contributed by atoms with Gasteiger partial charge >= 0.3 is 0 Å². The van der Waals surface area contributed by atoms with Crippen LogP contribution in [-0.4, -0.2) is 13.2 Å². The predicted molar refractivity (Wildman–Crippen MR) is 74.9 cm³/mol. The monoisotopic (exact) mass is 277 g/mol. The van der Waals surface area contributed by atoms with E-state index in [4.69, 9.17) is 20.8 Å². The van der Waals surface area contributed by atoms with Crippen LogP contribution in [0.15, 0.2) is 34.9 Å². The molecule has 1 aliphatic rings. The molecule has 1 unspecified atom stereocenters. The molecule has 1 aliphatic heterocycles. The Hall–Kier alpha value is -1.45. The Labute approximate surface area is 117 Å². The summed E-state index contributed by atoms with van der Waals surface area (Å²) in [4.78, 5) is 0. The van der Waals surface area contributed by atoms with Crippen LogP contribution in [0.1, 0.15) is 29.7 Å². The standard InChI is InChI=1S/C15H16ClNO2/c1-2-17-14(12-6-8-19-15(12)16)11-3-4-13-10(9-11)5-7-18-13/h3-4,6,8-9,14,17H,2,5,7H2,1H3. The van der Waals surface area contributed by atoms with Gasteiger partial charge in [-0.1, -0.05) is 19.1 Å². The molecule has 1 aromatic heterocycles. The average molecular weight is 278 g/mol. The molecule has 4 heteroatoms. The lowest BCUT2D eigenvalue weighted by Crippen LogP contribution is -2.21. The summed E-state index contributed by atoms with van der Waals surface area (Å²) in [6.07, 6.45) is 2.60. The lowest BCUT2D eigenvalue weighted by molar-refractivity contribution is 0.357. The summed E-state index contributed by atoms with van der Waals surface area (Å²) in [7, 11) is 0. The van der Waals surface area contributed by atoms with Gasteiger partial charge in [-0.25, -0.2) is 0 Å². The van der Waals surface area contributed by atoms with Gasteiger partial charge in [-0.3, -0.25) is 0 Å². The smallest absolute Gasteiger partial charge is 0.198 e. The minimum Gasteiger partial charge on any atom is -0.493 e. The zero-order valence-corrected chi connectivity index (χ0v) is 11.5. The molecule has 0 bridgehead atoms. The van der Waals surface area contributed by atoms with E-state index in [0.717, 1.165) is 30.9 Å². The van der Waals surface area contributed by atoms with Crippen molar-refractivity contribution in [3.63, 3.8) is 0 Å². The molecule has 2 aromatic rings. The zero-order chi connectivity index (χ0) is 13.2. The Balaban J connectivity index is 1.98. The lowest BCUT2D eigenvalue weighted by atomic mass is 9.98. The molecule has 2 heterocycles. The van der Waals surface area contributed by atoms with Crippen molar-refractivity contribution in [1.82, 2.24) is 5.32 Å². The highest BCUT2D eigenvalue weighted by Crippen LogP contribution is 2.33. The molecule has 0 amide bonds. The average Bonchev–Trinajstić information content (AvgIpc) is 3.03. The van der Waals surface area contributed by atoms with Crippen LogP contribution in [0.2, 0.25) is 5.22 Å². The second-order valence-corrected chi connectivity index (χ2v) is 4.95. The Bertz CT molecular complexity index is 579. The summed E-state index contributed by atoms with van der Waals surface area (Å²) in [5.41, 5.74) is 3.43. The molecule has 3 nitrogen and oxygen atoms in total. The number of benzene rings is 1. The first-order chi connectivity index (χ1) is 9.29. The van der Waals surface area contributed by atoms with E-state index < -0.39 is 0 Å². The van der Waals surface area contributed by atoms with Gasteiger partial charge in [0.25, 0.3) is 0 Å². The summed E-state index contributed by atoms with van der Waals surface area (Å²) < 4.78 is 10.7. The van der Waals surface area contributed by atoms with E-state index in [9.17, 15) is 0 Å². The second kappa shape index (κ2) is 5.27. The van der Waals surface area contributed by atoms with Crippen LogP contribution in [0.4, 0.5) is 0 Å². The van der Waals surface area contributed by atoms with Gasteiger partial charge < -0.3 is 14.5 Å². The van der Waals surface area contributed by atoms with E-state index in [1.54, 1.807) is 6.26 Å². The number of hydrogen-bond donors (Lipinski definition) is 1. The van der Waals surface area contributed by atoms with Crippen molar-refractivity contribution < 1.29 is 9.15 Å². The van der Waals surface area contributed by atoms with Crippen molar-refractivity contribution in [2.45, 2.75) is 19.4 Å². The highest BCUT2D eigenvalue weighted by Gasteiger charge is 2.20. The van der Waals surface area contributed by atoms with Crippen LogP contribution < -0.4 is 10.1 Å². The normalized spacial score (nSPS) is 15.1. The maximum atomic E-state index is 6.11. The van der Waals surface area contributed by atoms with Crippen molar-refractivity contribution >= 4 is 11.6 Å². The van der Waals surface area contributed by atoms with Gasteiger partial charge in [0.2, 0.25) is 0 Å². The highest BCUT2D eigenvalue weighted by atomic mass is 35.5. The lowest BCUT2D eigenvalue weighted by Gasteiger charge is -2.18. The third kappa shape index (κ3) is 2.36. The summed E-state index contributed by atoms with van der Waals surface area (Å²) in [6, 6.07) is 8.29. The number of furan rings is 1. The van der Waals surface area contributed by atoms with E-state index in [1.165, 1.54) is 11.1 Å². The molecule has 0 spiro atoms. The van der Waals surface area contributed by atoms with Gasteiger partial charge in [-0.15, -0.1) is 0 Å². The van der Waals surface area contributed by atoms with Crippen LogP contribution in [0.5, 0.6) is 5.75 Å². The number of rotatable bonds is 4. The fourth-order valence-electron chi connectivity index (χ4n) is 2.51. The highest BCUT2D eigenvalue weighted by molar-refractivity contribution is 6.29. The molecule has 1 N–H and O–H groups in total. The zero-order valence-electron chi connectivity index (χ0n) is 10.8. The van der Waals surface area contributed by atoms with Crippen molar-refractivity contribution in [2.24, 2.45) is 0 Å². The Morgan fingerprint density at radius 1 is 1.37 bits per heavy atom. The predicted octanol–water partition coefficient (Wildman–Crippen LogP) is 3.57. The van der Waals surface area contributed by atoms with Crippen molar-refractivity contribution in [3.05, 3.63) is 52.4 Å². The van der Waals surface area contributed by atoms with Crippen LogP contribution in [-0.2, 0) is 6.42 Å². The Morgan fingerprint density at radius 2 is 2.26 bits per heavy atom. The first-order valence-electron chi connectivity index (χ1n) is 6.51. The van der Waals surface area contributed by atoms with E-state index in [2.05, 4.69) is 24.4 Å². The molecular formula is C15H16ClNO2. The van der Waals surface area contributed by atoms with Gasteiger partial charge in [0.15, 0.2) is 5.22 Å². The van der Waals surface area contributed by atoms with Gasteiger partial charge in [0, 0.05) is 12.0 Å². The number of ether oxygens (including phenoxy) is 1. The van der Waals surface area contributed by atoms with Crippen LogP contribution in [0.25, 0.3) is 0 Å². The maximum absolute atomic E-state index is 6.11. The van der Waals surface area contributed by atoms with Crippen LogP contribution in [0.3, 0.4) is 0 Å². The van der Waals surface area contributed by atoms with Crippen LogP contribution >= 0.6 is 11.6 Å². The van der Waals surface area contributed by atoms with Gasteiger partial charge in [0.05, 0.1) is 18.9 Å². The number of hydrogen-bond acceptors (Lipinski definition) is 3. The SMILES string of the molecule is CCNC(c1ccc2c(c1)CCO2)c1ccoc1Cl. The number of halogens is 1. The molecule has 0 fully saturated rings. The first-order valence-corrected chi connectivity index (χ1v) is 6.89. The molecule has 0 radical (unpaired) electrons. The molecule has 0 saturated heterocycles. The van der Waals surface area contributed by atoms with Gasteiger partial charge in [-0.2, -0.15) is 0 Å².